The maximum atomic E-state index is 13.5. The first-order chi connectivity index (χ1) is 13.9. The minimum Gasteiger partial charge on any atom is -0.318 e. The molecule has 0 spiro atoms. The molecule has 3 aromatic heterocycles. The normalized spacial score (nSPS) is 12.5. The van der Waals surface area contributed by atoms with E-state index in [2.05, 4.69) is 4.98 Å². The fourth-order valence-electron chi connectivity index (χ4n) is 3.71. The van der Waals surface area contributed by atoms with E-state index in [0.29, 0.717) is 9.49 Å². The van der Waals surface area contributed by atoms with E-state index >= 15 is 0 Å². The molecule has 2 aromatic carbocycles. The summed E-state index contributed by atoms with van der Waals surface area (Å²) in [5.74, 6) is -0.449. The predicted octanol–water partition coefficient (Wildman–Crippen LogP) is 4.66. The molecule has 0 bridgehead atoms. The van der Waals surface area contributed by atoms with Crippen LogP contribution in [0.25, 0.3) is 27.8 Å². The minimum atomic E-state index is -0.449. The van der Waals surface area contributed by atoms with Gasteiger partial charge in [-0.1, -0.05) is 35.1 Å². The van der Waals surface area contributed by atoms with Crippen LogP contribution in [0, 0.1) is 19.7 Å². The Kier molecular flexibility index (Phi) is 4.08. The summed E-state index contributed by atoms with van der Waals surface area (Å²) in [5, 5.41) is 0.0775. The van der Waals surface area contributed by atoms with Crippen LogP contribution in [0.5, 0.6) is 0 Å². The van der Waals surface area contributed by atoms with E-state index in [9.17, 15) is 9.18 Å². The SMILES string of the molecule is Cc1cc(C=c2sc3nc4ccccc4n3c2=O)c(C)n1-c1ccc(F)c(Cl)c1. The summed E-state index contributed by atoms with van der Waals surface area (Å²) >= 11 is 7.33. The summed E-state index contributed by atoms with van der Waals surface area (Å²) in [5.41, 5.74) is 5.17. The summed E-state index contributed by atoms with van der Waals surface area (Å²) in [6.07, 6.45) is 1.89. The zero-order chi connectivity index (χ0) is 20.3. The van der Waals surface area contributed by atoms with Crippen LogP contribution < -0.4 is 10.1 Å². The molecule has 0 amide bonds. The highest BCUT2D eigenvalue weighted by Crippen LogP contribution is 2.25. The molecule has 0 saturated heterocycles. The van der Waals surface area contributed by atoms with Gasteiger partial charge in [0.2, 0.25) is 0 Å². The van der Waals surface area contributed by atoms with E-state index in [1.54, 1.807) is 16.5 Å². The molecule has 0 saturated carbocycles. The maximum Gasteiger partial charge on any atom is 0.274 e. The van der Waals surface area contributed by atoms with Gasteiger partial charge in [-0.2, -0.15) is 0 Å². The van der Waals surface area contributed by atoms with Gasteiger partial charge in [0.1, 0.15) is 5.82 Å². The summed E-state index contributed by atoms with van der Waals surface area (Å²) in [6.45, 7) is 3.93. The Morgan fingerprint density at radius 3 is 2.72 bits per heavy atom. The molecule has 3 heterocycles. The molecule has 0 atom stereocenters. The van der Waals surface area contributed by atoms with Crippen LogP contribution in [-0.2, 0) is 0 Å². The molecule has 0 N–H and O–H groups in total. The second kappa shape index (κ2) is 6.54. The third-order valence-corrected chi connectivity index (χ3v) is 6.32. The van der Waals surface area contributed by atoms with E-state index in [1.807, 2.05) is 54.8 Å². The van der Waals surface area contributed by atoms with E-state index in [0.717, 1.165) is 33.7 Å². The number of hydrogen-bond donors (Lipinski definition) is 0. The molecule has 5 aromatic rings. The van der Waals surface area contributed by atoms with Crippen LogP contribution in [0.2, 0.25) is 5.02 Å². The molecule has 7 heteroatoms. The number of aromatic nitrogens is 3. The van der Waals surface area contributed by atoms with E-state index in [4.69, 9.17) is 11.6 Å². The number of imidazole rings is 1. The Labute approximate surface area is 174 Å². The fourth-order valence-corrected chi connectivity index (χ4v) is 4.86. The van der Waals surface area contributed by atoms with Crippen molar-refractivity contribution in [2.45, 2.75) is 13.8 Å². The van der Waals surface area contributed by atoms with Crippen molar-refractivity contribution in [3.63, 3.8) is 0 Å². The van der Waals surface area contributed by atoms with Gasteiger partial charge in [0.25, 0.3) is 5.56 Å². The number of fused-ring (bicyclic) bond motifs is 3. The number of rotatable bonds is 2. The van der Waals surface area contributed by atoms with Crippen molar-refractivity contribution in [3.05, 3.63) is 91.2 Å². The minimum absolute atomic E-state index is 0.0756. The molecule has 29 heavy (non-hydrogen) atoms. The van der Waals surface area contributed by atoms with Crippen LogP contribution in [0.1, 0.15) is 17.0 Å². The monoisotopic (exact) mass is 423 g/mol. The average Bonchev–Trinajstić information content (AvgIpc) is 3.29. The van der Waals surface area contributed by atoms with Crippen LogP contribution >= 0.6 is 22.9 Å². The molecule has 0 fully saturated rings. The number of thiazole rings is 1. The summed E-state index contributed by atoms with van der Waals surface area (Å²) in [6, 6.07) is 14.3. The first-order valence-corrected chi connectivity index (χ1v) is 10.2. The van der Waals surface area contributed by atoms with Crippen molar-refractivity contribution in [3.8, 4) is 5.69 Å². The van der Waals surface area contributed by atoms with Gasteiger partial charge in [0.15, 0.2) is 4.96 Å². The number of para-hydroxylation sites is 2. The third kappa shape index (κ3) is 2.79. The van der Waals surface area contributed by atoms with Crippen LogP contribution in [0.4, 0.5) is 4.39 Å². The van der Waals surface area contributed by atoms with E-state index < -0.39 is 5.82 Å². The second-order valence-electron chi connectivity index (χ2n) is 6.89. The molecule has 0 aliphatic heterocycles. The first-order valence-electron chi connectivity index (χ1n) is 9.00. The fraction of sp³-hybridized carbons (Fsp3) is 0.0909. The van der Waals surface area contributed by atoms with Gasteiger partial charge in [0.05, 0.1) is 20.6 Å². The molecule has 5 rings (SSSR count). The predicted molar refractivity (Wildman–Crippen MR) is 116 cm³/mol. The summed E-state index contributed by atoms with van der Waals surface area (Å²) in [4.78, 5) is 18.2. The molecular weight excluding hydrogens is 409 g/mol. The number of nitrogens with zero attached hydrogens (tertiary/aromatic N) is 3. The zero-order valence-corrected chi connectivity index (χ0v) is 17.2. The quantitative estimate of drug-likeness (QED) is 0.414. The molecule has 4 nitrogen and oxygen atoms in total. The van der Waals surface area contributed by atoms with Gasteiger partial charge in [-0.25, -0.2) is 13.8 Å². The van der Waals surface area contributed by atoms with Crippen LogP contribution in [0.3, 0.4) is 0 Å². The molecule has 0 unspecified atom stereocenters. The van der Waals surface area contributed by atoms with Gasteiger partial charge >= 0.3 is 0 Å². The van der Waals surface area contributed by atoms with Gasteiger partial charge in [0, 0.05) is 17.1 Å². The van der Waals surface area contributed by atoms with E-state index in [1.165, 1.54) is 17.4 Å². The Hall–Kier alpha value is -2.96. The van der Waals surface area contributed by atoms with Crippen molar-refractivity contribution in [2.75, 3.05) is 0 Å². The lowest BCUT2D eigenvalue weighted by molar-refractivity contribution is 0.627. The Morgan fingerprint density at radius 2 is 1.93 bits per heavy atom. The molecule has 0 aliphatic carbocycles. The molecular formula is C22H15ClFN3OS. The summed E-state index contributed by atoms with van der Waals surface area (Å²) < 4.78 is 17.8. The van der Waals surface area contributed by atoms with Crippen molar-refractivity contribution >= 4 is 45.0 Å². The zero-order valence-electron chi connectivity index (χ0n) is 15.6. The lowest BCUT2D eigenvalue weighted by Gasteiger charge is -2.10. The van der Waals surface area contributed by atoms with E-state index in [-0.39, 0.29) is 10.6 Å². The highest BCUT2D eigenvalue weighted by atomic mass is 35.5. The largest absolute Gasteiger partial charge is 0.318 e. The molecule has 144 valence electrons. The standard InChI is InChI=1S/C22H15ClFN3OS/c1-12-9-14(13(2)26(12)15-7-8-17(24)16(23)11-15)10-20-21(28)27-19-6-4-3-5-18(19)25-22(27)29-20/h3-11H,1-2H3. The first kappa shape index (κ1) is 18.1. The van der Waals surface area contributed by atoms with Gasteiger partial charge in [-0.3, -0.25) is 4.79 Å². The number of hydrogen-bond acceptors (Lipinski definition) is 3. The second-order valence-corrected chi connectivity index (χ2v) is 8.31. The average molecular weight is 424 g/mol. The lowest BCUT2D eigenvalue weighted by atomic mass is 10.2. The van der Waals surface area contributed by atoms with Crippen LogP contribution in [-0.4, -0.2) is 14.0 Å². The number of halogens is 2. The summed E-state index contributed by atoms with van der Waals surface area (Å²) in [7, 11) is 0. The van der Waals surface area contributed by atoms with Crippen LogP contribution in [0.15, 0.2) is 53.3 Å². The van der Waals surface area contributed by atoms with Crippen molar-refractivity contribution in [1.82, 2.24) is 14.0 Å². The van der Waals surface area contributed by atoms with Crippen molar-refractivity contribution in [1.29, 1.82) is 0 Å². The Bertz CT molecular complexity index is 1530. The van der Waals surface area contributed by atoms with Crippen molar-refractivity contribution in [2.24, 2.45) is 0 Å². The smallest absolute Gasteiger partial charge is 0.274 e. The highest BCUT2D eigenvalue weighted by molar-refractivity contribution is 7.15. The molecule has 0 radical (unpaired) electrons. The van der Waals surface area contributed by atoms with Crippen molar-refractivity contribution < 1.29 is 4.39 Å². The van der Waals surface area contributed by atoms with Gasteiger partial charge in [-0.15, -0.1) is 0 Å². The topological polar surface area (TPSA) is 39.3 Å². The van der Waals surface area contributed by atoms with Gasteiger partial charge < -0.3 is 4.57 Å². The maximum absolute atomic E-state index is 13.5. The third-order valence-electron chi connectivity index (χ3n) is 5.06. The highest BCUT2D eigenvalue weighted by Gasteiger charge is 2.14. The lowest BCUT2D eigenvalue weighted by Crippen LogP contribution is -2.22. The Morgan fingerprint density at radius 1 is 1.14 bits per heavy atom. The molecule has 0 aliphatic rings. The Balaban J connectivity index is 1.69. The van der Waals surface area contributed by atoms with Gasteiger partial charge in [-0.05, 0) is 61.9 Å². The number of aryl methyl sites for hydroxylation is 1. The number of benzene rings is 2.